The molecule has 0 bridgehead atoms. The van der Waals surface area contributed by atoms with Crippen LogP contribution in [0.1, 0.15) is 23.6 Å². The van der Waals surface area contributed by atoms with E-state index in [0.717, 1.165) is 16.7 Å². The van der Waals surface area contributed by atoms with Crippen LogP contribution in [0.25, 0.3) is 11.4 Å². The van der Waals surface area contributed by atoms with Crippen molar-refractivity contribution in [3.05, 3.63) is 87.1 Å². The molecule has 0 aliphatic rings. The Morgan fingerprint density at radius 2 is 1.83 bits per heavy atom. The fourth-order valence-corrected chi connectivity index (χ4v) is 4.09. The van der Waals surface area contributed by atoms with E-state index in [0.29, 0.717) is 52.6 Å². The van der Waals surface area contributed by atoms with Gasteiger partial charge in [-0.3, -0.25) is 0 Å². The van der Waals surface area contributed by atoms with Gasteiger partial charge < -0.3 is 19.6 Å². The molecule has 7 nitrogen and oxygen atoms in total. The zero-order chi connectivity index (χ0) is 24.8. The SMILES string of the molecule is CCOc1cc(CNn2c(-c3ccccc3OC)n[nH]c2=S)c(Cl)cc1OCc1cccc(C)c1. The molecule has 0 spiro atoms. The van der Waals surface area contributed by atoms with Gasteiger partial charge in [0.05, 0.1) is 25.8 Å². The molecule has 0 saturated carbocycles. The highest BCUT2D eigenvalue weighted by Crippen LogP contribution is 2.35. The van der Waals surface area contributed by atoms with Crippen molar-refractivity contribution >= 4 is 23.8 Å². The first kappa shape index (κ1) is 24.6. The summed E-state index contributed by atoms with van der Waals surface area (Å²) in [6.07, 6.45) is 0. The van der Waals surface area contributed by atoms with Gasteiger partial charge in [-0.1, -0.05) is 53.6 Å². The van der Waals surface area contributed by atoms with Crippen LogP contribution in [0.4, 0.5) is 0 Å². The van der Waals surface area contributed by atoms with Crippen molar-refractivity contribution in [2.24, 2.45) is 0 Å². The number of aryl methyl sites for hydroxylation is 1. The number of methoxy groups -OCH3 is 1. The van der Waals surface area contributed by atoms with Crippen molar-refractivity contribution in [3.8, 4) is 28.6 Å². The zero-order valence-corrected chi connectivity index (χ0v) is 21.4. The summed E-state index contributed by atoms with van der Waals surface area (Å²) in [6.45, 7) is 5.29. The number of aromatic amines is 1. The smallest absolute Gasteiger partial charge is 0.214 e. The molecule has 0 aliphatic heterocycles. The standard InChI is InChI=1S/C26H27ClN4O3S/c1-4-33-23-13-19(21(27)14-24(23)34-16-18-9-7-8-17(2)12-18)15-28-31-25(29-30-26(31)35)20-10-5-6-11-22(20)32-3/h5-14,28H,4,15-16H2,1-3H3,(H,30,35). The largest absolute Gasteiger partial charge is 0.496 e. The van der Waals surface area contributed by atoms with E-state index in [1.54, 1.807) is 17.9 Å². The van der Waals surface area contributed by atoms with Crippen molar-refractivity contribution in [3.63, 3.8) is 0 Å². The van der Waals surface area contributed by atoms with Crippen LogP contribution >= 0.6 is 23.8 Å². The molecule has 4 aromatic rings. The fraction of sp³-hybridized carbons (Fsp3) is 0.231. The monoisotopic (exact) mass is 510 g/mol. The number of hydrogen-bond acceptors (Lipinski definition) is 6. The maximum Gasteiger partial charge on any atom is 0.214 e. The van der Waals surface area contributed by atoms with Gasteiger partial charge in [-0.05, 0) is 55.4 Å². The van der Waals surface area contributed by atoms with Gasteiger partial charge in [0.15, 0.2) is 17.3 Å². The van der Waals surface area contributed by atoms with Gasteiger partial charge in [0.25, 0.3) is 0 Å². The Balaban J connectivity index is 1.56. The molecule has 3 aromatic carbocycles. The van der Waals surface area contributed by atoms with Crippen molar-refractivity contribution < 1.29 is 14.2 Å². The summed E-state index contributed by atoms with van der Waals surface area (Å²) in [5.41, 5.74) is 7.19. The molecule has 4 rings (SSSR count). The molecule has 182 valence electrons. The maximum absolute atomic E-state index is 6.64. The van der Waals surface area contributed by atoms with Crippen molar-refractivity contribution in [2.75, 3.05) is 19.1 Å². The van der Waals surface area contributed by atoms with Crippen LogP contribution in [0.15, 0.2) is 60.7 Å². The summed E-state index contributed by atoms with van der Waals surface area (Å²) in [5.74, 6) is 2.52. The number of nitrogens with zero attached hydrogens (tertiary/aromatic N) is 2. The van der Waals surface area contributed by atoms with E-state index in [-0.39, 0.29) is 0 Å². The van der Waals surface area contributed by atoms with E-state index in [9.17, 15) is 0 Å². The summed E-state index contributed by atoms with van der Waals surface area (Å²) >= 11 is 12.1. The van der Waals surface area contributed by atoms with E-state index in [1.165, 1.54) is 5.56 Å². The molecule has 0 aliphatic carbocycles. The molecule has 35 heavy (non-hydrogen) atoms. The minimum Gasteiger partial charge on any atom is -0.496 e. The Kier molecular flexibility index (Phi) is 7.94. The lowest BCUT2D eigenvalue weighted by Crippen LogP contribution is -2.16. The Bertz CT molecular complexity index is 1370. The average molecular weight is 511 g/mol. The van der Waals surface area contributed by atoms with E-state index < -0.39 is 0 Å². The van der Waals surface area contributed by atoms with Crippen LogP contribution in [0.5, 0.6) is 17.2 Å². The summed E-state index contributed by atoms with van der Waals surface area (Å²) in [7, 11) is 1.62. The second-order valence-electron chi connectivity index (χ2n) is 7.82. The van der Waals surface area contributed by atoms with Gasteiger partial charge in [0.2, 0.25) is 4.77 Å². The number of aromatic nitrogens is 3. The third-order valence-electron chi connectivity index (χ3n) is 5.34. The maximum atomic E-state index is 6.64. The molecule has 0 amide bonds. The van der Waals surface area contributed by atoms with Crippen molar-refractivity contribution in [2.45, 2.75) is 27.0 Å². The third-order valence-corrected chi connectivity index (χ3v) is 5.96. The molecule has 9 heteroatoms. The summed E-state index contributed by atoms with van der Waals surface area (Å²) in [6, 6.07) is 19.5. The minimum atomic E-state index is 0.382. The van der Waals surface area contributed by atoms with Crippen LogP contribution in [0.3, 0.4) is 0 Å². The quantitative estimate of drug-likeness (QED) is 0.244. The highest BCUT2D eigenvalue weighted by Gasteiger charge is 2.15. The third kappa shape index (κ3) is 5.78. The molecule has 2 N–H and O–H groups in total. The number of halogens is 1. The minimum absolute atomic E-state index is 0.382. The van der Waals surface area contributed by atoms with Crippen LogP contribution in [0, 0.1) is 11.7 Å². The lowest BCUT2D eigenvalue weighted by atomic mass is 10.1. The highest BCUT2D eigenvalue weighted by atomic mass is 35.5. The first-order valence-electron chi connectivity index (χ1n) is 11.2. The van der Waals surface area contributed by atoms with E-state index in [2.05, 4.69) is 34.7 Å². The van der Waals surface area contributed by atoms with Crippen LogP contribution < -0.4 is 19.6 Å². The molecule has 0 saturated heterocycles. The van der Waals surface area contributed by atoms with Gasteiger partial charge in [0.1, 0.15) is 12.4 Å². The number of rotatable bonds is 10. The number of nitrogens with one attached hydrogen (secondary N) is 2. The van der Waals surface area contributed by atoms with Crippen LogP contribution in [-0.2, 0) is 13.2 Å². The molecular weight excluding hydrogens is 484 g/mol. The Morgan fingerprint density at radius 1 is 1.03 bits per heavy atom. The molecule has 1 heterocycles. The van der Waals surface area contributed by atoms with E-state index in [1.807, 2.05) is 49.4 Å². The second-order valence-corrected chi connectivity index (χ2v) is 8.62. The van der Waals surface area contributed by atoms with Gasteiger partial charge in [0, 0.05) is 11.1 Å². The number of para-hydroxylation sites is 1. The molecule has 0 fully saturated rings. The van der Waals surface area contributed by atoms with Crippen LogP contribution in [-0.4, -0.2) is 28.6 Å². The van der Waals surface area contributed by atoms with Gasteiger partial charge in [-0.25, -0.2) is 9.77 Å². The normalized spacial score (nSPS) is 10.7. The van der Waals surface area contributed by atoms with Gasteiger partial charge in [-0.2, -0.15) is 5.10 Å². The summed E-state index contributed by atoms with van der Waals surface area (Å²) < 4.78 is 19.5. The van der Waals surface area contributed by atoms with Crippen molar-refractivity contribution in [1.82, 2.24) is 14.9 Å². The average Bonchev–Trinajstić information content (AvgIpc) is 3.23. The van der Waals surface area contributed by atoms with Gasteiger partial charge >= 0.3 is 0 Å². The van der Waals surface area contributed by atoms with Crippen LogP contribution in [0.2, 0.25) is 5.02 Å². The molecular formula is C26H27ClN4O3S. The zero-order valence-electron chi connectivity index (χ0n) is 19.8. The predicted molar refractivity (Wildman–Crippen MR) is 141 cm³/mol. The van der Waals surface area contributed by atoms with Gasteiger partial charge in [-0.15, -0.1) is 0 Å². The first-order chi connectivity index (χ1) is 17.0. The molecule has 1 aromatic heterocycles. The van der Waals surface area contributed by atoms with Crippen molar-refractivity contribution in [1.29, 1.82) is 0 Å². The molecule has 0 unspecified atom stereocenters. The number of benzene rings is 3. The lowest BCUT2D eigenvalue weighted by molar-refractivity contribution is 0.269. The lowest BCUT2D eigenvalue weighted by Gasteiger charge is -2.17. The van der Waals surface area contributed by atoms with E-state index >= 15 is 0 Å². The Morgan fingerprint density at radius 3 is 2.60 bits per heavy atom. The topological polar surface area (TPSA) is 73.3 Å². The number of ether oxygens (including phenoxy) is 3. The highest BCUT2D eigenvalue weighted by molar-refractivity contribution is 7.71. The predicted octanol–water partition coefficient (Wildman–Crippen LogP) is 6.30. The fourth-order valence-electron chi connectivity index (χ4n) is 3.67. The molecule has 0 radical (unpaired) electrons. The summed E-state index contributed by atoms with van der Waals surface area (Å²) in [4.78, 5) is 0. The number of H-pyrrole nitrogens is 1. The molecule has 0 atom stereocenters. The Labute approximate surface area is 214 Å². The first-order valence-corrected chi connectivity index (χ1v) is 12.0. The Hall–Kier alpha value is -3.49. The summed E-state index contributed by atoms with van der Waals surface area (Å²) in [5, 5.41) is 7.76. The second kappa shape index (κ2) is 11.3. The van der Waals surface area contributed by atoms with E-state index in [4.69, 9.17) is 38.0 Å². The number of hydrogen-bond donors (Lipinski definition) is 2.